The molecule has 0 aromatic heterocycles. The number of benzene rings is 1. The third-order valence-corrected chi connectivity index (χ3v) is 4.16. The summed E-state index contributed by atoms with van der Waals surface area (Å²) in [6, 6.07) is 1.84. The predicted molar refractivity (Wildman–Crippen MR) is 74.7 cm³/mol. The van der Waals surface area contributed by atoms with Crippen molar-refractivity contribution in [1.82, 2.24) is 10.2 Å². The number of nitrogens with one attached hydrogen (secondary N) is 1. The summed E-state index contributed by atoms with van der Waals surface area (Å²) in [5.41, 5.74) is 0.288. The van der Waals surface area contributed by atoms with E-state index < -0.39 is 12.5 Å². The fraction of sp³-hybridized carbons (Fsp3) is 0.500. The van der Waals surface area contributed by atoms with E-state index in [2.05, 4.69) is 5.32 Å². The van der Waals surface area contributed by atoms with E-state index in [1.54, 1.807) is 4.90 Å². The fourth-order valence-corrected chi connectivity index (χ4v) is 2.97. The van der Waals surface area contributed by atoms with Gasteiger partial charge in [0, 0.05) is 31.2 Å². The Balaban J connectivity index is 2.38. The highest BCUT2D eigenvalue weighted by molar-refractivity contribution is 6.43. The minimum atomic E-state index is -2.55. The average molecular weight is 330 g/mol. The molecule has 1 aromatic rings. The van der Waals surface area contributed by atoms with Crippen LogP contribution in [0.5, 0.6) is 0 Å². The quantitative estimate of drug-likeness (QED) is 0.847. The Morgan fingerprint density at radius 1 is 1.11 bits per heavy atom. The molecular weight excluding hydrogens is 317 g/mol. The lowest BCUT2D eigenvalue weighted by Crippen LogP contribution is -2.47. The molecule has 0 bridgehead atoms. The van der Waals surface area contributed by atoms with Crippen LogP contribution in [0.25, 0.3) is 0 Å². The van der Waals surface area contributed by atoms with Gasteiger partial charge in [0.1, 0.15) is 0 Å². The highest BCUT2D eigenvalue weighted by atomic mass is 35.5. The Morgan fingerprint density at radius 3 is 2.32 bits per heavy atom. The Hall–Kier alpha value is -0.130. The summed E-state index contributed by atoms with van der Waals surface area (Å²) in [6.45, 7) is 2.43. The lowest BCUT2D eigenvalue weighted by atomic mass is 10.0. The standard InChI is InChI=1S/C12H13Cl3F2N2/c13-7-5-8(10(15)9(14)6-7)11(12(16)17)19-3-1-18-2-4-19/h5-6,11-12,18H,1-4H2/t11-/m0/s1. The summed E-state index contributed by atoms with van der Waals surface area (Å²) in [4.78, 5) is 1.70. The van der Waals surface area contributed by atoms with Gasteiger partial charge in [-0.25, -0.2) is 8.78 Å². The molecule has 1 atom stereocenters. The van der Waals surface area contributed by atoms with E-state index in [4.69, 9.17) is 34.8 Å². The zero-order valence-corrected chi connectivity index (χ0v) is 12.2. The van der Waals surface area contributed by atoms with Crippen LogP contribution in [0.2, 0.25) is 15.1 Å². The summed E-state index contributed by atoms with van der Waals surface area (Å²) >= 11 is 17.9. The van der Waals surface area contributed by atoms with E-state index >= 15 is 0 Å². The number of hydrogen-bond acceptors (Lipinski definition) is 2. The first kappa shape index (κ1) is 15.3. The highest BCUT2D eigenvalue weighted by Crippen LogP contribution is 2.38. The van der Waals surface area contributed by atoms with Gasteiger partial charge in [-0.15, -0.1) is 0 Å². The van der Waals surface area contributed by atoms with Gasteiger partial charge in [0.15, 0.2) is 0 Å². The monoisotopic (exact) mass is 328 g/mol. The summed E-state index contributed by atoms with van der Waals surface area (Å²) in [5.74, 6) is 0. The van der Waals surface area contributed by atoms with Crippen molar-refractivity contribution in [2.75, 3.05) is 26.2 Å². The molecule has 0 amide bonds. The molecule has 0 radical (unpaired) electrons. The van der Waals surface area contributed by atoms with E-state index in [1.165, 1.54) is 12.1 Å². The summed E-state index contributed by atoms with van der Waals surface area (Å²) in [5, 5.41) is 3.78. The number of piperazine rings is 1. The van der Waals surface area contributed by atoms with Crippen molar-refractivity contribution in [2.45, 2.75) is 12.5 Å². The first-order chi connectivity index (χ1) is 9.00. The Kier molecular flexibility index (Phi) is 5.26. The van der Waals surface area contributed by atoms with Crippen LogP contribution < -0.4 is 5.32 Å². The SMILES string of the molecule is FC(F)[C@H](c1cc(Cl)cc(Cl)c1Cl)N1CCNCC1. The van der Waals surface area contributed by atoms with Gasteiger partial charge in [-0.2, -0.15) is 0 Å². The van der Waals surface area contributed by atoms with E-state index in [9.17, 15) is 8.78 Å². The molecule has 1 heterocycles. The number of rotatable bonds is 3. The zero-order chi connectivity index (χ0) is 14.0. The second-order valence-electron chi connectivity index (χ2n) is 4.36. The minimum Gasteiger partial charge on any atom is -0.314 e. The van der Waals surface area contributed by atoms with E-state index in [-0.39, 0.29) is 15.6 Å². The number of halogens is 5. The van der Waals surface area contributed by atoms with Crippen LogP contribution in [0.15, 0.2) is 12.1 Å². The van der Waals surface area contributed by atoms with Crippen LogP contribution in [0.4, 0.5) is 8.78 Å². The molecule has 1 aromatic carbocycles. The van der Waals surface area contributed by atoms with Crippen molar-refractivity contribution < 1.29 is 8.78 Å². The van der Waals surface area contributed by atoms with Crippen molar-refractivity contribution in [3.63, 3.8) is 0 Å². The molecule has 0 saturated carbocycles. The number of alkyl halides is 2. The van der Waals surface area contributed by atoms with Crippen LogP contribution in [-0.2, 0) is 0 Å². The molecule has 1 N–H and O–H groups in total. The maximum absolute atomic E-state index is 13.4. The van der Waals surface area contributed by atoms with Crippen molar-refractivity contribution in [3.05, 3.63) is 32.8 Å². The first-order valence-electron chi connectivity index (χ1n) is 5.88. The lowest BCUT2D eigenvalue weighted by Gasteiger charge is -2.35. The number of hydrogen-bond donors (Lipinski definition) is 1. The Labute approximate surface area is 125 Å². The largest absolute Gasteiger partial charge is 0.314 e. The average Bonchev–Trinajstić information content (AvgIpc) is 2.36. The predicted octanol–water partition coefficient (Wildman–Crippen LogP) is 3.86. The molecule has 0 spiro atoms. The molecule has 1 aliphatic heterocycles. The van der Waals surface area contributed by atoms with Crippen LogP contribution in [0.3, 0.4) is 0 Å². The van der Waals surface area contributed by atoms with Crippen molar-refractivity contribution in [3.8, 4) is 0 Å². The molecule has 106 valence electrons. The molecule has 1 fully saturated rings. The minimum absolute atomic E-state index is 0.148. The lowest BCUT2D eigenvalue weighted by molar-refractivity contribution is 0.0182. The van der Waals surface area contributed by atoms with E-state index in [0.717, 1.165) is 0 Å². The third-order valence-electron chi connectivity index (χ3n) is 3.12. The van der Waals surface area contributed by atoms with Crippen LogP contribution in [0, 0.1) is 0 Å². The summed E-state index contributed by atoms with van der Waals surface area (Å²) < 4.78 is 26.8. The van der Waals surface area contributed by atoms with E-state index in [0.29, 0.717) is 31.2 Å². The molecule has 0 unspecified atom stereocenters. The third kappa shape index (κ3) is 3.50. The Bertz CT molecular complexity index is 451. The first-order valence-corrected chi connectivity index (χ1v) is 7.01. The van der Waals surface area contributed by atoms with Gasteiger partial charge >= 0.3 is 0 Å². The van der Waals surface area contributed by atoms with Crippen LogP contribution in [0.1, 0.15) is 11.6 Å². The second kappa shape index (κ2) is 6.55. The fourth-order valence-electron chi connectivity index (χ4n) is 2.24. The molecule has 1 aliphatic rings. The van der Waals surface area contributed by atoms with Crippen LogP contribution in [-0.4, -0.2) is 37.5 Å². The molecule has 1 saturated heterocycles. The molecular formula is C12H13Cl3F2N2. The number of nitrogens with zero attached hydrogens (tertiary/aromatic N) is 1. The van der Waals surface area contributed by atoms with Crippen molar-refractivity contribution in [2.24, 2.45) is 0 Å². The van der Waals surface area contributed by atoms with Gasteiger partial charge in [0.05, 0.1) is 16.1 Å². The normalized spacial score (nSPS) is 18.8. The van der Waals surface area contributed by atoms with Gasteiger partial charge in [0.25, 0.3) is 6.43 Å². The van der Waals surface area contributed by atoms with Gasteiger partial charge in [-0.05, 0) is 17.7 Å². The van der Waals surface area contributed by atoms with Crippen molar-refractivity contribution >= 4 is 34.8 Å². The zero-order valence-electron chi connectivity index (χ0n) is 9.97. The smallest absolute Gasteiger partial charge is 0.258 e. The molecule has 2 rings (SSSR count). The molecule has 19 heavy (non-hydrogen) atoms. The molecule has 7 heteroatoms. The van der Waals surface area contributed by atoms with Gasteiger partial charge in [-0.3, -0.25) is 4.90 Å². The summed E-state index contributed by atoms with van der Waals surface area (Å²) in [6.07, 6.45) is -2.55. The molecule has 2 nitrogen and oxygen atoms in total. The molecule has 0 aliphatic carbocycles. The van der Waals surface area contributed by atoms with Gasteiger partial charge in [0.2, 0.25) is 0 Å². The Morgan fingerprint density at radius 2 is 1.74 bits per heavy atom. The van der Waals surface area contributed by atoms with Crippen molar-refractivity contribution in [1.29, 1.82) is 0 Å². The van der Waals surface area contributed by atoms with E-state index in [1.807, 2.05) is 0 Å². The topological polar surface area (TPSA) is 15.3 Å². The maximum atomic E-state index is 13.4. The maximum Gasteiger partial charge on any atom is 0.258 e. The van der Waals surface area contributed by atoms with Crippen LogP contribution >= 0.6 is 34.8 Å². The van der Waals surface area contributed by atoms with Gasteiger partial charge in [-0.1, -0.05) is 34.8 Å². The van der Waals surface area contributed by atoms with Gasteiger partial charge < -0.3 is 5.32 Å². The summed E-state index contributed by atoms with van der Waals surface area (Å²) in [7, 11) is 0. The highest BCUT2D eigenvalue weighted by Gasteiger charge is 2.32. The second-order valence-corrected chi connectivity index (χ2v) is 5.58.